The molecular formula is C17H25ClFN. The number of hydrogen-bond donors (Lipinski definition) is 1. The summed E-state index contributed by atoms with van der Waals surface area (Å²) in [6.45, 7) is 3.97. The molecule has 2 rings (SSSR count). The standard InChI is InChI=1S/C17H25ClFN/c1-2-12-20-13-17(10-5-3-4-6-11-17)16-14(18)8-7-9-15(16)19/h7-9,20H,2-6,10-13H2,1H3. The first-order chi connectivity index (χ1) is 9.69. The lowest BCUT2D eigenvalue weighted by molar-refractivity contribution is 0.335. The third-order valence-electron chi connectivity index (χ3n) is 4.44. The lowest BCUT2D eigenvalue weighted by atomic mass is 9.74. The van der Waals surface area contributed by atoms with E-state index in [0.29, 0.717) is 5.02 Å². The maximum atomic E-state index is 14.4. The van der Waals surface area contributed by atoms with Crippen LogP contribution in [0.2, 0.25) is 5.02 Å². The van der Waals surface area contributed by atoms with E-state index in [1.54, 1.807) is 12.1 Å². The van der Waals surface area contributed by atoms with Crippen LogP contribution in [-0.4, -0.2) is 13.1 Å². The van der Waals surface area contributed by atoms with E-state index in [9.17, 15) is 4.39 Å². The fourth-order valence-corrected chi connectivity index (χ4v) is 3.79. The van der Waals surface area contributed by atoms with Crippen LogP contribution in [-0.2, 0) is 5.41 Å². The third kappa shape index (κ3) is 3.53. The molecule has 1 saturated carbocycles. The predicted molar refractivity (Wildman–Crippen MR) is 84.0 cm³/mol. The van der Waals surface area contributed by atoms with Crippen molar-refractivity contribution in [2.75, 3.05) is 13.1 Å². The highest BCUT2D eigenvalue weighted by molar-refractivity contribution is 6.31. The first-order valence-corrected chi connectivity index (χ1v) is 8.22. The van der Waals surface area contributed by atoms with Crippen LogP contribution in [0, 0.1) is 5.82 Å². The van der Waals surface area contributed by atoms with Gasteiger partial charge in [-0.2, -0.15) is 0 Å². The van der Waals surface area contributed by atoms with Gasteiger partial charge in [0.15, 0.2) is 0 Å². The van der Waals surface area contributed by atoms with Gasteiger partial charge in [0.1, 0.15) is 5.82 Å². The van der Waals surface area contributed by atoms with Crippen molar-refractivity contribution < 1.29 is 4.39 Å². The summed E-state index contributed by atoms with van der Waals surface area (Å²) in [6.07, 6.45) is 8.00. The molecule has 0 saturated heterocycles. The first kappa shape index (κ1) is 15.8. The average Bonchev–Trinajstić information content (AvgIpc) is 2.65. The molecule has 0 radical (unpaired) electrons. The van der Waals surface area contributed by atoms with Crippen LogP contribution in [0.3, 0.4) is 0 Å². The van der Waals surface area contributed by atoms with E-state index in [-0.39, 0.29) is 11.2 Å². The highest BCUT2D eigenvalue weighted by atomic mass is 35.5. The van der Waals surface area contributed by atoms with E-state index in [1.165, 1.54) is 25.7 Å². The maximum absolute atomic E-state index is 14.4. The summed E-state index contributed by atoms with van der Waals surface area (Å²) >= 11 is 6.35. The quantitative estimate of drug-likeness (QED) is 0.591. The third-order valence-corrected chi connectivity index (χ3v) is 4.76. The van der Waals surface area contributed by atoms with Gasteiger partial charge in [0.2, 0.25) is 0 Å². The number of hydrogen-bond acceptors (Lipinski definition) is 1. The molecule has 1 nitrogen and oxygen atoms in total. The topological polar surface area (TPSA) is 12.0 Å². The summed E-state index contributed by atoms with van der Waals surface area (Å²) in [5.74, 6) is -0.141. The monoisotopic (exact) mass is 297 g/mol. The van der Waals surface area contributed by atoms with E-state index in [1.807, 2.05) is 6.07 Å². The van der Waals surface area contributed by atoms with E-state index in [4.69, 9.17) is 11.6 Å². The lowest BCUT2D eigenvalue weighted by Gasteiger charge is -2.35. The van der Waals surface area contributed by atoms with E-state index >= 15 is 0 Å². The van der Waals surface area contributed by atoms with Crippen LogP contribution in [0.4, 0.5) is 4.39 Å². The van der Waals surface area contributed by atoms with Crippen LogP contribution in [0.1, 0.15) is 57.4 Å². The van der Waals surface area contributed by atoms with Crippen LogP contribution in [0.15, 0.2) is 18.2 Å². The molecular weight excluding hydrogens is 273 g/mol. The van der Waals surface area contributed by atoms with Gasteiger partial charge >= 0.3 is 0 Å². The predicted octanol–water partition coefficient (Wildman–Crippen LogP) is 5.07. The molecule has 0 heterocycles. The Bertz CT molecular complexity index is 405. The molecule has 0 amide bonds. The fraction of sp³-hybridized carbons (Fsp3) is 0.647. The van der Waals surface area contributed by atoms with E-state index in [2.05, 4.69) is 12.2 Å². The second kappa shape index (κ2) is 7.42. The molecule has 1 aliphatic carbocycles. The van der Waals surface area contributed by atoms with Crippen molar-refractivity contribution >= 4 is 11.6 Å². The van der Waals surface area contributed by atoms with Gasteiger partial charge in [-0.3, -0.25) is 0 Å². The molecule has 1 aromatic carbocycles. The zero-order chi connectivity index (χ0) is 14.4. The summed E-state index contributed by atoms with van der Waals surface area (Å²) in [5, 5.41) is 4.09. The maximum Gasteiger partial charge on any atom is 0.128 e. The summed E-state index contributed by atoms with van der Waals surface area (Å²) in [7, 11) is 0. The van der Waals surface area contributed by atoms with Crippen molar-refractivity contribution in [1.29, 1.82) is 0 Å². The SMILES string of the molecule is CCCNCC1(c2c(F)cccc2Cl)CCCCCC1. The van der Waals surface area contributed by atoms with Crippen molar-refractivity contribution in [1.82, 2.24) is 5.32 Å². The second-order valence-corrected chi connectivity index (χ2v) is 6.38. The van der Waals surface area contributed by atoms with Gasteiger partial charge in [0.05, 0.1) is 0 Å². The van der Waals surface area contributed by atoms with Crippen LogP contribution in [0.25, 0.3) is 0 Å². The molecule has 20 heavy (non-hydrogen) atoms. The van der Waals surface area contributed by atoms with Gasteiger partial charge in [0, 0.05) is 22.5 Å². The van der Waals surface area contributed by atoms with Crippen LogP contribution in [0.5, 0.6) is 0 Å². The first-order valence-electron chi connectivity index (χ1n) is 7.85. The minimum absolute atomic E-state index is 0.131. The minimum Gasteiger partial charge on any atom is -0.316 e. The van der Waals surface area contributed by atoms with Crippen molar-refractivity contribution in [2.45, 2.75) is 57.3 Å². The summed E-state index contributed by atoms with van der Waals surface area (Å²) in [6, 6.07) is 5.07. The normalized spacial score (nSPS) is 18.8. The Morgan fingerprint density at radius 2 is 1.90 bits per heavy atom. The van der Waals surface area contributed by atoms with Crippen LogP contribution < -0.4 is 5.32 Å². The van der Waals surface area contributed by atoms with Crippen molar-refractivity contribution in [3.05, 3.63) is 34.6 Å². The van der Waals surface area contributed by atoms with E-state index in [0.717, 1.165) is 37.9 Å². The number of benzene rings is 1. The van der Waals surface area contributed by atoms with Crippen molar-refractivity contribution in [3.63, 3.8) is 0 Å². The van der Waals surface area contributed by atoms with Gasteiger partial charge < -0.3 is 5.32 Å². The molecule has 0 bridgehead atoms. The van der Waals surface area contributed by atoms with Gasteiger partial charge in [-0.05, 0) is 37.9 Å². The van der Waals surface area contributed by atoms with Gasteiger partial charge in [-0.25, -0.2) is 4.39 Å². The molecule has 1 aliphatic rings. The molecule has 0 spiro atoms. The Kier molecular flexibility index (Phi) is 5.86. The zero-order valence-corrected chi connectivity index (χ0v) is 13.1. The Balaban J connectivity index is 2.33. The highest BCUT2D eigenvalue weighted by Gasteiger charge is 2.36. The zero-order valence-electron chi connectivity index (χ0n) is 12.4. The molecule has 1 N–H and O–H groups in total. The summed E-state index contributed by atoms with van der Waals surface area (Å²) < 4.78 is 14.4. The van der Waals surface area contributed by atoms with Gasteiger partial charge in [0.25, 0.3) is 0 Å². The molecule has 1 fully saturated rings. The number of nitrogens with one attached hydrogen (secondary N) is 1. The van der Waals surface area contributed by atoms with Crippen LogP contribution >= 0.6 is 11.6 Å². The molecule has 1 aromatic rings. The number of rotatable bonds is 5. The second-order valence-electron chi connectivity index (χ2n) is 5.97. The molecule has 3 heteroatoms. The lowest BCUT2D eigenvalue weighted by Crippen LogP contribution is -2.39. The molecule has 0 aliphatic heterocycles. The summed E-state index contributed by atoms with van der Waals surface area (Å²) in [4.78, 5) is 0. The average molecular weight is 298 g/mol. The molecule has 0 atom stereocenters. The summed E-state index contributed by atoms with van der Waals surface area (Å²) in [5.41, 5.74) is 0.612. The van der Waals surface area contributed by atoms with Crippen molar-refractivity contribution in [3.8, 4) is 0 Å². The van der Waals surface area contributed by atoms with Gasteiger partial charge in [-0.15, -0.1) is 0 Å². The smallest absolute Gasteiger partial charge is 0.128 e. The van der Waals surface area contributed by atoms with E-state index < -0.39 is 0 Å². The Labute approximate surface area is 126 Å². The Hall–Kier alpha value is -0.600. The van der Waals surface area contributed by atoms with Gasteiger partial charge in [-0.1, -0.05) is 50.3 Å². The fourth-order valence-electron chi connectivity index (χ4n) is 3.43. The minimum atomic E-state index is -0.141. The Morgan fingerprint density at radius 1 is 1.20 bits per heavy atom. The molecule has 112 valence electrons. The molecule has 0 unspecified atom stereocenters. The highest BCUT2D eigenvalue weighted by Crippen LogP contribution is 2.42. The number of halogens is 2. The largest absolute Gasteiger partial charge is 0.316 e. The Morgan fingerprint density at radius 3 is 2.50 bits per heavy atom. The van der Waals surface area contributed by atoms with Crippen molar-refractivity contribution in [2.24, 2.45) is 0 Å². The molecule has 0 aromatic heterocycles.